The molecule has 0 unspecified atom stereocenters. The number of rotatable bonds is 2. The van der Waals surface area contributed by atoms with E-state index in [1.165, 1.54) is 5.56 Å². The molecule has 1 saturated heterocycles. The topological polar surface area (TPSA) is 43.7 Å². The maximum Gasteiger partial charge on any atom is 0.0957 e. The van der Waals surface area contributed by atoms with Gasteiger partial charge in [-0.25, -0.2) is 0 Å². The molecule has 1 aromatic carbocycles. The Morgan fingerprint density at radius 1 is 1.12 bits per heavy atom. The molecule has 0 aromatic heterocycles. The average molecular weight is 219 g/mol. The molecule has 4 atom stereocenters. The fraction of sp³-hybridized carbons (Fsp3) is 0.538. The van der Waals surface area contributed by atoms with Crippen molar-refractivity contribution in [2.45, 2.75) is 31.2 Å². The first-order valence-electron chi connectivity index (χ1n) is 5.90. The zero-order chi connectivity index (χ0) is 11.1. The number of aliphatic hydroxyl groups is 2. The Bertz CT molecular complexity index is 365. The molecule has 2 aliphatic rings. The molecular weight excluding hydrogens is 202 g/mol. The third-order valence-electron chi connectivity index (χ3n) is 3.94. The van der Waals surface area contributed by atoms with Crippen LogP contribution in [-0.4, -0.2) is 39.9 Å². The van der Waals surface area contributed by atoms with Crippen LogP contribution in [0.4, 0.5) is 0 Å². The molecule has 1 aliphatic heterocycles. The quantitative estimate of drug-likeness (QED) is 0.766. The Balaban J connectivity index is 1.71. The number of nitrogens with zero attached hydrogens (tertiary/aromatic N) is 1. The van der Waals surface area contributed by atoms with Crippen molar-refractivity contribution in [1.29, 1.82) is 0 Å². The van der Waals surface area contributed by atoms with Crippen molar-refractivity contribution in [1.82, 2.24) is 4.90 Å². The molecule has 1 heterocycles. The van der Waals surface area contributed by atoms with Crippen molar-refractivity contribution < 1.29 is 10.2 Å². The minimum atomic E-state index is -0.553. The number of hydrogen-bond donors (Lipinski definition) is 2. The van der Waals surface area contributed by atoms with E-state index in [2.05, 4.69) is 17.0 Å². The molecule has 3 nitrogen and oxygen atoms in total. The molecule has 1 aromatic rings. The van der Waals surface area contributed by atoms with Crippen LogP contribution in [-0.2, 0) is 6.54 Å². The summed E-state index contributed by atoms with van der Waals surface area (Å²) in [5, 5.41) is 19.5. The molecular formula is C13H17NO2. The predicted octanol–water partition coefficient (Wildman–Crippen LogP) is 0.612. The molecule has 1 saturated carbocycles. The van der Waals surface area contributed by atoms with E-state index >= 15 is 0 Å². The van der Waals surface area contributed by atoms with Gasteiger partial charge in [-0.3, -0.25) is 4.90 Å². The SMILES string of the molecule is O[C@H]1[C@H]2C[C@@H]([C@H]1O)N(Cc1ccccc1)C2. The van der Waals surface area contributed by atoms with Gasteiger partial charge >= 0.3 is 0 Å². The van der Waals surface area contributed by atoms with E-state index in [-0.39, 0.29) is 12.0 Å². The van der Waals surface area contributed by atoms with Gasteiger partial charge in [0, 0.05) is 25.0 Å². The number of aliphatic hydroxyl groups excluding tert-OH is 2. The second kappa shape index (κ2) is 3.84. The maximum atomic E-state index is 9.84. The van der Waals surface area contributed by atoms with Crippen molar-refractivity contribution in [2.24, 2.45) is 5.92 Å². The lowest BCUT2D eigenvalue weighted by Gasteiger charge is -2.33. The van der Waals surface area contributed by atoms with E-state index < -0.39 is 12.2 Å². The minimum Gasteiger partial charge on any atom is -0.390 e. The van der Waals surface area contributed by atoms with Gasteiger partial charge in [-0.05, 0) is 12.0 Å². The smallest absolute Gasteiger partial charge is 0.0957 e. The first-order chi connectivity index (χ1) is 7.75. The van der Waals surface area contributed by atoms with Gasteiger partial charge in [0.05, 0.1) is 12.2 Å². The molecule has 0 spiro atoms. The van der Waals surface area contributed by atoms with Gasteiger partial charge in [0.2, 0.25) is 0 Å². The van der Waals surface area contributed by atoms with Gasteiger partial charge in [-0.2, -0.15) is 0 Å². The summed E-state index contributed by atoms with van der Waals surface area (Å²) in [6, 6.07) is 10.5. The molecule has 2 bridgehead atoms. The normalized spacial score (nSPS) is 38.1. The van der Waals surface area contributed by atoms with Crippen LogP contribution >= 0.6 is 0 Å². The number of likely N-dealkylation sites (tertiary alicyclic amines) is 1. The van der Waals surface area contributed by atoms with Crippen LogP contribution in [0.25, 0.3) is 0 Å². The van der Waals surface area contributed by atoms with Gasteiger partial charge in [-0.15, -0.1) is 0 Å². The van der Waals surface area contributed by atoms with Gasteiger partial charge in [-0.1, -0.05) is 30.3 Å². The van der Waals surface area contributed by atoms with Crippen LogP contribution in [0.2, 0.25) is 0 Å². The highest BCUT2D eigenvalue weighted by molar-refractivity contribution is 5.16. The van der Waals surface area contributed by atoms with Crippen LogP contribution in [0.5, 0.6) is 0 Å². The highest BCUT2D eigenvalue weighted by atomic mass is 16.3. The Labute approximate surface area is 95.3 Å². The fourth-order valence-electron chi connectivity index (χ4n) is 3.08. The van der Waals surface area contributed by atoms with Crippen LogP contribution in [0.1, 0.15) is 12.0 Å². The number of benzene rings is 1. The van der Waals surface area contributed by atoms with Crippen molar-refractivity contribution in [3.05, 3.63) is 35.9 Å². The standard InChI is InChI=1S/C13H17NO2/c15-12-10-6-11(13(12)16)14(8-10)7-9-4-2-1-3-5-9/h1-5,10-13,15-16H,6-8H2/t10-,11-,12-,13+/m0/s1. The highest BCUT2D eigenvalue weighted by Crippen LogP contribution is 2.38. The number of fused-ring (bicyclic) bond motifs is 2. The lowest BCUT2D eigenvalue weighted by Crippen LogP contribution is -2.47. The van der Waals surface area contributed by atoms with E-state index in [9.17, 15) is 10.2 Å². The Morgan fingerprint density at radius 2 is 1.88 bits per heavy atom. The molecule has 2 fully saturated rings. The summed E-state index contributed by atoms with van der Waals surface area (Å²) in [5.74, 6) is 0.267. The molecule has 16 heavy (non-hydrogen) atoms. The third-order valence-corrected chi connectivity index (χ3v) is 3.94. The Hall–Kier alpha value is -0.900. The van der Waals surface area contributed by atoms with E-state index in [0.29, 0.717) is 0 Å². The monoisotopic (exact) mass is 219 g/mol. The summed E-state index contributed by atoms with van der Waals surface area (Å²) in [6.07, 6.45) is -0.116. The minimum absolute atomic E-state index is 0.153. The van der Waals surface area contributed by atoms with Crippen LogP contribution in [0.15, 0.2) is 30.3 Å². The van der Waals surface area contributed by atoms with E-state index in [1.54, 1.807) is 0 Å². The second-order valence-electron chi connectivity index (χ2n) is 4.96. The summed E-state index contributed by atoms with van der Waals surface area (Å²) in [5.41, 5.74) is 1.27. The van der Waals surface area contributed by atoms with Crippen LogP contribution in [0, 0.1) is 5.92 Å². The Morgan fingerprint density at radius 3 is 2.50 bits per heavy atom. The molecule has 1 aliphatic carbocycles. The lowest BCUT2D eigenvalue weighted by molar-refractivity contribution is -0.0458. The first kappa shape index (κ1) is 10.3. The van der Waals surface area contributed by atoms with E-state index in [0.717, 1.165) is 19.5 Å². The fourth-order valence-corrected chi connectivity index (χ4v) is 3.08. The molecule has 2 N–H and O–H groups in total. The highest BCUT2D eigenvalue weighted by Gasteiger charge is 2.50. The average Bonchev–Trinajstić information content (AvgIpc) is 2.82. The van der Waals surface area contributed by atoms with Gasteiger partial charge in [0.25, 0.3) is 0 Å². The van der Waals surface area contributed by atoms with E-state index in [4.69, 9.17) is 0 Å². The van der Waals surface area contributed by atoms with Gasteiger partial charge in [0.1, 0.15) is 0 Å². The Kier molecular flexibility index (Phi) is 2.46. The molecule has 86 valence electrons. The summed E-state index contributed by atoms with van der Waals surface area (Å²) in [7, 11) is 0. The van der Waals surface area contributed by atoms with Crippen LogP contribution < -0.4 is 0 Å². The van der Waals surface area contributed by atoms with Crippen molar-refractivity contribution >= 4 is 0 Å². The number of piperidine rings is 1. The molecule has 3 rings (SSSR count). The van der Waals surface area contributed by atoms with Gasteiger partial charge < -0.3 is 10.2 Å². The van der Waals surface area contributed by atoms with Crippen LogP contribution in [0.3, 0.4) is 0 Å². The third kappa shape index (κ3) is 1.56. The largest absolute Gasteiger partial charge is 0.390 e. The van der Waals surface area contributed by atoms with Crippen molar-refractivity contribution in [2.75, 3.05) is 6.54 Å². The summed E-state index contributed by atoms with van der Waals surface area (Å²) in [4.78, 5) is 2.29. The molecule has 0 radical (unpaired) electrons. The second-order valence-corrected chi connectivity index (χ2v) is 4.96. The number of hydrogen-bond acceptors (Lipinski definition) is 3. The van der Waals surface area contributed by atoms with Gasteiger partial charge in [0.15, 0.2) is 0 Å². The molecule has 3 heteroatoms. The van der Waals surface area contributed by atoms with E-state index in [1.807, 2.05) is 18.2 Å². The summed E-state index contributed by atoms with van der Waals surface area (Å²) in [6.45, 7) is 1.80. The lowest BCUT2D eigenvalue weighted by atomic mass is 10.0. The van der Waals surface area contributed by atoms with Crippen molar-refractivity contribution in [3.63, 3.8) is 0 Å². The molecule has 0 amide bonds. The van der Waals surface area contributed by atoms with Crippen molar-refractivity contribution in [3.8, 4) is 0 Å². The summed E-state index contributed by atoms with van der Waals surface area (Å²) >= 11 is 0. The predicted molar refractivity (Wildman–Crippen MR) is 60.8 cm³/mol. The zero-order valence-electron chi connectivity index (χ0n) is 9.16. The summed E-state index contributed by atoms with van der Waals surface area (Å²) < 4.78 is 0. The zero-order valence-corrected chi connectivity index (χ0v) is 9.16. The first-order valence-corrected chi connectivity index (χ1v) is 5.90. The maximum absolute atomic E-state index is 9.84.